The van der Waals surface area contributed by atoms with Crippen LogP contribution in [-0.4, -0.2) is 0 Å². The minimum atomic E-state index is -0.219. The number of hydrogen-bond donors (Lipinski definition) is 1. The summed E-state index contributed by atoms with van der Waals surface area (Å²) in [6, 6.07) is 4.82. The first-order valence-corrected chi connectivity index (χ1v) is 7.49. The average molecular weight is 314 g/mol. The van der Waals surface area contributed by atoms with Crippen molar-refractivity contribution in [2.24, 2.45) is 23.5 Å². The highest BCUT2D eigenvalue weighted by molar-refractivity contribution is 9.10. The molecule has 1 nitrogen and oxygen atoms in total. The van der Waals surface area contributed by atoms with Gasteiger partial charge in [-0.25, -0.2) is 4.39 Å². The average Bonchev–Trinajstić information content (AvgIpc) is 2.32. The summed E-state index contributed by atoms with van der Waals surface area (Å²) in [6.45, 7) is 4.63. The molecular formula is C15H21BrFN. The van der Waals surface area contributed by atoms with E-state index in [1.807, 2.05) is 6.07 Å². The minimum Gasteiger partial charge on any atom is -0.324 e. The molecule has 0 radical (unpaired) electrons. The number of halogens is 2. The van der Waals surface area contributed by atoms with E-state index in [0.717, 1.165) is 21.9 Å². The summed E-state index contributed by atoms with van der Waals surface area (Å²) in [7, 11) is 0. The number of benzene rings is 1. The molecule has 0 spiro atoms. The molecule has 0 aliphatic heterocycles. The summed E-state index contributed by atoms with van der Waals surface area (Å²) in [6.07, 6.45) is 3.60. The lowest BCUT2D eigenvalue weighted by molar-refractivity contribution is 0.186. The van der Waals surface area contributed by atoms with Gasteiger partial charge in [-0.2, -0.15) is 0 Å². The van der Waals surface area contributed by atoms with Gasteiger partial charge in [-0.05, 0) is 48.3 Å². The van der Waals surface area contributed by atoms with Crippen LogP contribution in [0.3, 0.4) is 0 Å². The van der Waals surface area contributed by atoms with Crippen LogP contribution in [0.15, 0.2) is 22.7 Å². The molecule has 3 heteroatoms. The first-order chi connectivity index (χ1) is 8.49. The first-order valence-electron chi connectivity index (χ1n) is 6.69. The maximum absolute atomic E-state index is 13.1. The zero-order valence-electron chi connectivity index (χ0n) is 11.0. The number of nitrogens with two attached hydrogens (primary N) is 1. The fourth-order valence-electron chi connectivity index (χ4n) is 2.94. The van der Waals surface area contributed by atoms with Gasteiger partial charge in [-0.15, -0.1) is 0 Å². The molecule has 1 aromatic rings. The molecular weight excluding hydrogens is 293 g/mol. The van der Waals surface area contributed by atoms with Gasteiger partial charge in [0.2, 0.25) is 0 Å². The fraction of sp³-hybridized carbons (Fsp3) is 0.600. The lowest BCUT2D eigenvalue weighted by Gasteiger charge is -2.35. The van der Waals surface area contributed by atoms with Crippen LogP contribution in [0.1, 0.15) is 44.7 Å². The summed E-state index contributed by atoms with van der Waals surface area (Å²) in [5.74, 6) is 1.82. The highest BCUT2D eigenvalue weighted by Crippen LogP contribution is 2.40. The van der Waals surface area contributed by atoms with E-state index in [-0.39, 0.29) is 11.9 Å². The van der Waals surface area contributed by atoms with Gasteiger partial charge < -0.3 is 5.73 Å². The number of hydrogen-bond acceptors (Lipinski definition) is 1. The number of rotatable bonds is 2. The highest BCUT2D eigenvalue weighted by atomic mass is 79.9. The summed E-state index contributed by atoms with van der Waals surface area (Å²) < 4.78 is 13.9. The third-order valence-corrected chi connectivity index (χ3v) is 5.15. The van der Waals surface area contributed by atoms with Crippen molar-refractivity contribution in [3.8, 4) is 0 Å². The second kappa shape index (κ2) is 5.70. The molecule has 2 N–H and O–H groups in total. The van der Waals surface area contributed by atoms with Crippen LogP contribution in [0.5, 0.6) is 0 Å². The Kier molecular flexibility index (Phi) is 4.44. The van der Waals surface area contributed by atoms with E-state index in [4.69, 9.17) is 5.73 Å². The third kappa shape index (κ3) is 2.94. The molecule has 1 aliphatic carbocycles. The van der Waals surface area contributed by atoms with Crippen molar-refractivity contribution in [3.05, 3.63) is 34.1 Å². The van der Waals surface area contributed by atoms with Gasteiger partial charge in [0.1, 0.15) is 5.82 Å². The Labute approximate surface area is 117 Å². The highest BCUT2D eigenvalue weighted by Gasteiger charge is 2.29. The van der Waals surface area contributed by atoms with Gasteiger partial charge in [0.05, 0.1) is 0 Å². The molecule has 1 aliphatic rings. The van der Waals surface area contributed by atoms with Gasteiger partial charge in [-0.3, -0.25) is 0 Å². The van der Waals surface area contributed by atoms with E-state index in [1.54, 1.807) is 0 Å². The summed E-state index contributed by atoms with van der Waals surface area (Å²) >= 11 is 3.42. The molecule has 100 valence electrons. The van der Waals surface area contributed by atoms with Crippen molar-refractivity contribution in [2.75, 3.05) is 0 Å². The predicted molar refractivity (Wildman–Crippen MR) is 76.7 cm³/mol. The lowest BCUT2D eigenvalue weighted by atomic mass is 9.72. The second-order valence-electron chi connectivity index (χ2n) is 5.72. The smallest absolute Gasteiger partial charge is 0.124 e. The van der Waals surface area contributed by atoms with Crippen LogP contribution in [0.4, 0.5) is 4.39 Å². The molecule has 0 heterocycles. The molecule has 0 bridgehead atoms. The van der Waals surface area contributed by atoms with Crippen LogP contribution in [0.25, 0.3) is 0 Å². The summed E-state index contributed by atoms with van der Waals surface area (Å²) in [5.41, 5.74) is 7.41. The van der Waals surface area contributed by atoms with Gasteiger partial charge in [0.15, 0.2) is 0 Å². The molecule has 4 unspecified atom stereocenters. The molecule has 2 rings (SSSR count). The second-order valence-corrected chi connectivity index (χ2v) is 6.57. The maximum Gasteiger partial charge on any atom is 0.124 e. The largest absolute Gasteiger partial charge is 0.324 e. The van der Waals surface area contributed by atoms with Gasteiger partial charge >= 0.3 is 0 Å². The Morgan fingerprint density at radius 3 is 2.61 bits per heavy atom. The summed E-state index contributed by atoms with van der Waals surface area (Å²) in [4.78, 5) is 0. The lowest BCUT2D eigenvalue weighted by Crippen LogP contribution is -2.29. The van der Waals surface area contributed by atoms with Crippen molar-refractivity contribution in [3.63, 3.8) is 0 Å². The van der Waals surface area contributed by atoms with Crippen LogP contribution >= 0.6 is 15.9 Å². The van der Waals surface area contributed by atoms with Crippen molar-refractivity contribution in [1.82, 2.24) is 0 Å². The van der Waals surface area contributed by atoms with Crippen molar-refractivity contribution in [2.45, 2.75) is 39.2 Å². The van der Waals surface area contributed by atoms with Crippen molar-refractivity contribution in [1.29, 1.82) is 0 Å². The predicted octanol–water partition coefficient (Wildman–Crippen LogP) is 4.66. The van der Waals surface area contributed by atoms with Gasteiger partial charge in [0.25, 0.3) is 0 Å². The van der Waals surface area contributed by atoms with Crippen LogP contribution < -0.4 is 5.73 Å². The van der Waals surface area contributed by atoms with E-state index in [0.29, 0.717) is 5.92 Å². The molecule has 0 saturated heterocycles. The van der Waals surface area contributed by atoms with Crippen LogP contribution in [0, 0.1) is 23.6 Å². The molecule has 1 aromatic carbocycles. The zero-order valence-corrected chi connectivity index (χ0v) is 12.6. The normalized spacial score (nSPS) is 30.2. The van der Waals surface area contributed by atoms with E-state index >= 15 is 0 Å². The first kappa shape index (κ1) is 14.0. The topological polar surface area (TPSA) is 26.0 Å². The SMILES string of the molecule is CC1CCC(C(N)c2ccc(F)cc2Br)CC1C. The molecule has 1 saturated carbocycles. The molecule has 0 amide bonds. The Hall–Kier alpha value is -0.410. The Morgan fingerprint density at radius 2 is 2.00 bits per heavy atom. The quantitative estimate of drug-likeness (QED) is 0.844. The molecule has 4 atom stereocenters. The summed E-state index contributed by atoms with van der Waals surface area (Å²) in [5, 5.41) is 0. The van der Waals surface area contributed by atoms with Gasteiger partial charge in [-0.1, -0.05) is 42.3 Å². The zero-order chi connectivity index (χ0) is 13.3. The minimum absolute atomic E-state index is 0.00919. The van der Waals surface area contributed by atoms with E-state index < -0.39 is 0 Å². The maximum atomic E-state index is 13.1. The Balaban J connectivity index is 2.13. The van der Waals surface area contributed by atoms with Crippen molar-refractivity contribution < 1.29 is 4.39 Å². The third-order valence-electron chi connectivity index (χ3n) is 4.47. The van der Waals surface area contributed by atoms with E-state index in [1.165, 1.54) is 31.4 Å². The monoisotopic (exact) mass is 313 g/mol. The van der Waals surface area contributed by atoms with Crippen LogP contribution in [0.2, 0.25) is 0 Å². The molecule has 0 aromatic heterocycles. The van der Waals surface area contributed by atoms with Crippen LogP contribution in [-0.2, 0) is 0 Å². The standard InChI is InChI=1S/C15H21BrFN/c1-9-3-4-11(7-10(9)2)15(18)13-6-5-12(17)8-14(13)16/h5-6,8-11,15H,3-4,7,18H2,1-2H3. The Bertz CT molecular complexity index is 421. The fourth-order valence-corrected chi connectivity index (χ4v) is 3.56. The molecule has 1 fully saturated rings. The van der Waals surface area contributed by atoms with Gasteiger partial charge in [0, 0.05) is 10.5 Å². The molecule has 18 heavy (non-hydrogen) atoms. The Morgan fingerprint density at radius 1 is 1.28 bits per heavy atom. The van der Waals surface area contributed by atoms with E-state index in [9.17, 15) is 4.39 Å². The van der Waals surface area contributed by atoms with Crippen molar-refractivity contribution >= 4 is 15.9 Å². The van der Waals surface area contributed by atoms with E-state index in [2.05, 4.69) is 29.8 Å².